The molecule has 0 saturated carbocycles. The van der Waals surface area contributed by atoms with Gasteiger partial charge in [-0.05, 0) is 0 Å². The molecular weight excluding hydrogens is 209 g/mol. The van der Waals surface area contributed by atoms with Crippen LogP contribution in [0.15, 0.2) is 15.8 Å². The molecular formula is C7H8FN3O2S. The number of aromatic nitrogens is 2. The van der Waals surface area contributed by atoms with Crippen LogP contribution in [0.1, 0.15) is 6.42 Å². The van der Waals surface area contributed by atoms with Gasteiger partial charge in [-0.15, -0.1) is 0 Å². The third kappa shape index (κ3) is 2.49. The van der Waals surface area contributed by atoms with Gasteiger partial charge in [0.05, 0.1) is 11.2 Å². The smallest absolute Gasteiger partial charge is 0.328 e. The van der Waals surface area contributed by atoms with Crippen LogP contribution in [-0.4, -0.2) is 14.5 Å². The molecule has 0 aliphatic carbocycles. The minimum Gasteiger partial charge on any atom is -0.393 e. The number of thiocarbonyl (C=S) groups is 1. The first-order valence-corrected chi connectivity index (χ1v) is 4.19. The van der Waals surface area contributed by atoms with Crippen molar-refractivity contribution >= 4 is 17.2 Å². The largest absolute Gasteiger partial charge is 0.393 e. The van der Waals surface area contributed by atoms with Crippen molar-refractivity contribution in [1.82, 2.24) is 9.55 Å². The summed E-state index contributed by atoms with van der Waals surface area (Å²) in [5.74, 6) is -1.01. The fourth-order valence-corrected chi connectivity index (χ4v) is 0.971. The molecule has 0 aromatic carbocycles. The minimum absolute atomic E-state index is 0.155. The highest BCUT2D eigenvalue weighted by Crippen LogP contribution is 1.88. The van der Waals surface area contributed by atoms with Crippen LogP contribution in [-0.2, 0) is 6.54 Å². The Balaban J connectivity index is 2.99. The average molecular weight is 217 g/mol. The monoisotopic (exact) mass is 217 g/mol. The summed E-state index contributed by atoms with van der Waals surface area (Å²) in [6, 6.07) is 0. The predicted molar refractivity (Wildman–Crippen MR) is 52.7 cm³/mol. The minimum atomic E-state index is -1.03. The number of rotatable bonds is 3. The molecule has 0 saturated heterocycles. The van der Waals surface area contributed by atoms with E-state index in [1.54, 1.807) is 0 Å². The maximum absolute atomic E-state index is 12.7. The predicted octanol–water partition coefficient (Wildman–Crippen LogP) is -0.648. The molecule has 0 spiro atoms. The zero-order valence-electron chi connectivity index (χ0n) is 7.12. The molecule has 0 fully saturated rings. The summed E-state index contributed by atoms with van der Waals surface area (Å²) in [7, 11) is 0. The van der Waals surface area contributed by atoms with Gasteiger partial charge in [-0.25, -0.2) is 4.79 Å². The van der Waals surface area contributed by atoms with Crippen LogP contribution in [0.3, 0.4) is 0 Å². The Morgan fingerprint density at radius 3 is 2.86 bits per heavy atom. The number of H-pyrrole nitrogens is 1. The topological polar surface area (TPSA) is 80.9 Å². The van der Waals surface area contributed by atoms with Crippen LogP contribution in [0.2, 0.25) is 0 Å². The Kier molecular flexibility index (Phi) is 3.13. The van der Waals surface area contributed by atoms with E-state index in [0.29, 0.717) is 0 Å². The lowest BCUT2D eigenvalue weighted by Crippen LogP contribution is -2.32. The van der Waals surface area contributed by atoms with E-state index >= 15 is 0 Å². The van der Waals surface area contributed by atoms with E-state index in [1.807, 2.05) is 4.98 Å². The van der Waals surface area contributed by atoms with Gasteiger partial charge in [-0.2, -0.15) is 4.39 Å². The highest BCUT2D eigenvalue weighted by Gasteiger charge is 2.03. The number of aromatic amines is 1. The highest BCUT2D eigenvalue weighted by molar-refractivity contribution is 7.80. The van der Waals surface area contributed by atoms with Gasteiger partial charge in [0.15, 0.2) is 0 Å². The van der Waals surface area contributed by atoms with Crippen molar-refractivity contribution in [3.8, 4) is 0 Å². The normalized spacial score (nSPS) is 10.1. The Morgan fingerprint density at radius 1 is 1.64 bits per heavy atom. The van der Waals surface area contributed by atoms with E-state index in [2.05, 4.69) is 12.2 Å². The Bertz CT molecular complexity index is 465. The zero-order valence-corrected chi connectivity index (χ0v) is 7.94. The maximum atomic E-state index is 12.7. The summed E-state index contributed by atoms with van der Waals surface area (Å²) >= 11 is 4.59. The summed E-state index contributed by atoms with van der Waals surface area (Å²) < 4.78 is 13.7. The molecule has 0 unspecified atom stereocenters. The van der Waals surface area contributed by atoms with Crippen LogP contribution in [0.25, 0.3) is 0 Å². The van der Waals surface area contributed by atoms with Gasteiger partial charge in [-0.1, -0.05) is 12.2 Å². The molecule has 1 aromatic heterocycles. The van der Waals surface area contributed by atoms with Gasteiger partial charge in [0.25, 0.3) is 5.56 Å². The molecule has 0 bridgehead atoms. The second-order valence-electron chi connectivity index (χ2n) is 2.65. The van der Waals surface area contributed by atoms with Crippen molar-refractivity contribution in [2.45, 2.75) is 13.0 Å². The molecule has 0 aliphatic rings. The molecule has 14 heavy (non-hydrogen) atoms. The van der Waals surface area contributed by atoms with E-state index in [0.717, 1.165) is 10.8 Å². The molecule has 76 valence electrons. The molecule has 7 heteroatoms. The molecule has 0 aliphatic heterocycles. The number of nitrogens with zero attached hydrogens (tertiary/aromatic N) is 1. The zero-order chi connectivity index (χ0) is 10.7. The second-order valence-corrected chi connectivity index (χ2v) is 3.17. The standard InChI is InChI=1S/C7H8FN3O2S/c8-4-3-11(2-1-5(9)14)7(13)10-6(4)12/h3H,1-2H2,(H2,9,14)(H,10,12,13). The maximum Gasteiger partial charge on any atom is 0.328 e. The van der Waals surface area contributed by atoms with Crippen LogP contribution in [0.4, 0.5) is 4.39 Å². The second kappa shape index (κ2) is 4.14. The molecule has 0 radical (unpaired) electrons. The molecule has 3 N–H and O–H groups in total. The fraction of sp³-hybridized carbons (Fsp3) is 0.286. The van der Waals surface area contributed by atoms with Crippen molar-refractivity contribution in [3.63, 3.8) is 0 Å². The number of hydrogen-bond acceptors (Lipinski definition) is 3. The molecule has 0 amide bonds. The third-order valence-corrected chi connectivity index (χ3v) is 1.77. The summed E-state index contributed by atoms with van der Waals surface area (Å²) in [5, 5.41) is 0. The number of aryl methyl sites for hydroxylation is 1. The van der Waals surface area contributed by atoms with Crippen LogP contribution in [0, 0.1) is 5.82 Å². The van der Waals surface area contributed by atoms with Crippen LogP contribution < -0.4 is 17.0 Å². The summed E-state index contributed by atoms with van der Waals surface area (Å²) in [5.41, 5.74) is 3.51. The average Bonchev–Trinajstić information content (AvgIpc) is 2.09. The molecule has 1 rings (SSSR count). The van der Waals surface area contributed by atoms with E-state index in [4.69, 9.17) is 5.73 Å². The van der Waals surface area contributed by atoms with Crippen LogP contribution in [0.5, 0.6) is 0 Å². The first kappa shape index (κ1) is 10.6. The fourth-order valence-electron chi connectivity index (χ4n) is 0.879. The molecule has 5 nitrogen and oxygen atoms in total. The Labute approximate surface area is 83.4 Å². The lowest BCUT2D eigenvalue weighted by molar-refractivity contribution is 0.555. The van der Waals surface area contributed by atoms with Gasteiger partial charge in [0.1, 0.15) is 0 Å². The lowest BCUT2D eigenvalue weighted by atomic mass is 10.4. The van der Waals surface area contributed by atoms with Crippen molar-refractivity contribution in [1.29, 1.82) is 0 Å². The number of halogens is 1. The van der Waals surface area contributed by atoms with Gasteiger partial charge in [0, 0.05) is 13.0 Å². The summed E-state index contributed by atoms with van der Waals surface area (Å²) in [6.45, 7) is 0.155. The van der Waals surface area contributed by atoms with Gasteiger partial charge in [-0.3, -0.25) is 14.3 Å². The van der Waals surface area contributed by atoms with Crippen molar-refractivity contribution in [2.24, 2.45) is 5.73 Å². The van der Waals surface area contributed by atoms with Crippen LogP contribution >= 0.6 is 12.2 Å². The lowest BCUT2D eigenvalue weighted by Gasteiger charge is -2.02. The van der Waals surface area contributed by atoms with E-state index in [-0.39, 0.29) is 18.0 Å². The van der Waals surface area contributed by atoms with E-state index in [9.17, 15) is 14.0 Å². The van der Waals surface area contributed by atoms with Crippen molar-refractivity contribution in [3.05, 3.63) is 32.9 Å². The Morgan fingerprint density at radius 2 is 2.29 bits per heavy atom. The Hall–Kier alpha value is -1.50. The number of hydrogen-bond donors (Lipinski definition) is 2. The van der Waals surface area contributed by atoms with Gasteiger partial charge < -0.3 is 5.73 Å². The summed E-state index contributed by atoms with van der Waals surface area (Å²) in [4.78, 5) is 23.7. The molecule has 1 aromatic rings. The van der Waals surface area contributed by atoms with Gasteiger partial charge in [0.2, 0.25) is 5.82 Å². The highest BCUT2D eigenvalue weighted by atomic mass is 32.1. The SMILES string of the molecule is NC(=S)CCn1cc(F)c(=O)[nH]c1=O. The number of nitrogens with two attached hydrogens (primary N) is 1. The first-order valence-electron chi connectivity index (χ1n) is 3.78. The molecule has 0 atom stereocenters. The number of nitrogens with one attached hydrogen (secondary N) is 1. The first-order chi connectivity index (χ1) is 6.50. The van der Waals surface area contributed by atoms with Crippen molar-refractivity contribution in [2.75, 3.05) is 0 Å². The van der Waals surface area contributed by atoms with Crippen molar-refractivity contribution < 1.29 is 4.39 Å². The quantitative estimate of drug-likeness (QED) is 0.659. The third-order valence-electron chi connectivity index (χ3n) is 1.57. The van der Waals surface area contributed by atoms with E-state index in [1.165, 1.54) is 0 Å². The summed E-state index contributed by atoms with van der Waals surface area (Å²) in [6.07, 6.45) is 1.11. The van der Waals surface area contributed by atoms with Gasteiger partial charge >= 0.3 is 5.69 Å². The van der Waals surface area contributed by atoms with E-state index < -0.39 is 17.1 Å². The molecule has 1 heterocycles.